The molecule has 1 aromatic carbocycles. The lowest BCUT2D eigenvalue weighted by molar-refractivity contribution is 0.168. The molecule has 0 spiro atoms. The van der Waals surface area contributed by atoms with Crippen LogP contribution in [0, 0.1) is 0 Å². The van der Waals surface area contributed by atoms with Crippen LogP contribution in [0.1, 0.15) is 0 Å². The minimum atomic E-state index is 0.0776. The fourth-order valence-electron chi connectivity index (χ4n) is 2.13. The molecule has 0 bridgehead atoms. The van der Waals surface area contributed by atoms with E-state index in [4.69, 9.17) is 11.6 Å². The quantitative estimate of drug-likeness (QED) is 0.780. The van der Waals surface area contributed by atoms with Crippen molar-refractivity contribution in [2.24, 2.45) is 0 Å². The van der Waals surface area contributed by atoms with Crippen LogP contribution in [0.15, 0.2) is 24.3 Å². The predicted octanol–water partition coefficient (Wildman–Crippen LogP) is 2.14. The molecule has 1 saturated heterocycles. The molecule has 5 heteroatoms. The van der Waals surface area contributed by atoms with E-state index in [1.807, 2.05) is 29.2 Å². The Labute approximate surface area is 113 Å². The van der Waals surface area contributed by atoms with E-state index in [1.54, 1.807) is 19.0 Å². The number of hydrogen-bond donors (Lipinski definition) is 0. The van der Waals surface area contributed by atoms with Crippen LogP contribution in [0.2, 0.25) is 5.02 Å². The van der Waals surface area contributed by atoms with Gasteiger partial charge in [0.15, 0.2) is 0 Å². The summed E-state index contributed by atoms with van der Waals surface area (Å²) in [6, 6.07) is 7.91. The molecule has 2 rings (SSSR count). The molecule has 1 fully saturated rings. The lowest BCUT2D eigenvalue weighted by Crippen LogP contribution is -2.51. The highest BCUT2D eigenvalue weighted by Gasteiger charge is 2.22. The molecule has 1 aliphatic rings. The molecule has 2 amide bonds. The Kier molecular flexibility index (Phi) is 3.97. The van der Waals surface area contributed by atoms with Gasteiger partial charge in [-0.2, -0.15) is 0 Å². The zero-order valence-electron chi connectivity index (χ0n) is 10.8. The average molecular weight is 268 g/mol. The molecule has 0 aromatic heterocycles. The Hall–Kier alpha value is -1.42. The Morgan fingerprint density at radius 2 is 1.78 bits per heavy atom. The standard InChI is InChI=1S/C13H18ClN3O/c1-15(2)13(18)17-9-7-16(8-10-17)12-6-4-3-5-11(12)14/h3-6H,7-10H2,1-2H3. The number of benzene rings is 1. The van der Waals surface area contributed by atoms with E-state index in [0.717, 1.165) is 36.9 Å². The maximum atomic E-state index is 11.8. The predicted molar refractivity (Wildman–Crippen MR) is 74.3 cm³/mol. The zero-order chi connectivity index (χ0) is 13.1. The molecular formula is C13H18ClN3O. The minimum absolute atomic E-state index is 0.0776. The second-order valence-electron chi connectivity index (χ2n) is 4.60. The average Bonchev–Trinajstić information content (AvgIpc) is 2.38. The lowest BCUT2D eigenvalue weighted by atomic mass is 10.2. The van der Waals surface area contributed by atoms with E-state index in [0.29, 0.717) is 0 Å². The summed E-state index contributed by atoms with van der Waals surface area (Å²) < 4.78 is 0. The van der Waals surface area contributed by atoms with Crippen molar-refractivity contribution in [3.63, 3.8) is 0 Å². The van der Waals surface area contributed by atoms with Crippen LogP contribution >= 0.6 is 11.6 Å². The number of hydrogen-bond acceptors (Lipinski definition) is 2. The molecule has 18 heavy (non-hydrogen) atoms. The van der Waals surface area contributed by atoms with Gasteiger partial charge in [-0.3, -0.25) is 0 Å². The molecule has 0 N–H and O–H groups in total. The number of rotatable bonds is 1. The number of carbonyl (C=O) groups excluding carboxylic acids is 1. The summed E-state index contributed by atoms with van der Waals surface area (Å²) in [6.45, 7) is 3.12. The molecule has 4 nitrogen and oxygen atoms in total. The van der Waals surface area contributed by atoms with Crippen LogP contribution in [-0.2, 0) is 0 Å². The zero-order valence-corrected chi connectivity index (χ0v) is 11.5. The molecule has 0 atom stereocenters. The van der Waals surface area contributed by atoms with Crippen LogP contribution in [0.3, 0.4) is 0 Å². The maximum Gasteiger partial charge on any atom is 0.319 e. The Morgan fingerprint density at radius 3 is 2.33 bits per heavy atom. The normalized spacial score (nSPS) is 15.7. The maximum absolute atomic E-state index is 11.8. The minimum Gasteiger partial charge on any atom is -0.367 e. The van der Waals surface area contributed by atoms with E-state index >= 15 is 0 Å². The number of para-hydroxylation sites is 1. The van der Waals surface area contributed by atoms with Gasteiger partial charge < -0.3 is 14.7 Å². The molecule has 0 aliphatic carbocycles. The van der Waals surface area contributed by atoms with Gasteiger partial charge in [0.25, 0.3) is 0 Å². The molecule has 1 aliphatic heterocycles. The first-order valence-corrected chi connectivity index (χ1v) is 6.43. The summed E-state index contributed by atoms with van der Waals surface area (Å²) in [5, 5.41) is 0.768. The van der Waals surface area contributed by atoms with Gasteiger partial charge in [-0.1, -0.05) is 23.7 Å². The number of carbonyl (C=O) groups is 1. The fourth-order valence-corrected chi connectivity index (χ4v) is 2.38. The van der Waals surface area contributed by atoms with Crippen LogP contribution in [-0.4, -0.2) is 56.1 Å². The molecule has 98 valence electrons. The van der Waals surface area contributed by atoms with Crippen molar-refractivity contribution in [1.29, 1.82) is 0 Å². The summed E-state index contributed by atoms with van der Waals surface area (Å²) in [6.07, 6.45) is 0. The van der Waals surface area contributed by atoms with Crippen LogP contribution in [0.25, 0.3) is 0 Å². The molecular weight excluding hydrogens is 250 g/mol. The fraction of sp³-hybridized carbons (Fsp3) is 0.462. The van der Waals surface area contributed by atoms with Gasteiger partial charge in [0.05, 0.1) is 10.7 Å². The van der Waals surface area contributed by atoms with E-state index in [2.05, 4.69) is 4.90 Å². The largest absolute Gasteiger partial charge is 0.367 e. The third-order valence-electron chi connectivity index (χ3n) is 3.13. The van der Waals surface area contributed by atoms with Crippen molar-refractivity contribution >= 4 is 23.3 Å². The van der Waals surface area contributed by atoms with E-state index in [1.165, 1.54) is 0 Å². The number of piperazine rings is 1. The van der Waals surface area contributed by atoms with E-state index in [-0.39, 0.29) is 6.03 Å². The van der Waals surface area contributed by atoms with E-state index in [9.17, 15) is 4.79 Å². The summed E-state index contributed by atoms with van der Waals surface area (Å²) >= 11 is 6.18. The Morgan fingerprint density at radius 1 is 1.17 bits per heavy atom. The number of anilines is 1. The highest BCUT2D eigenvalue weighted by Crippen LogP contribution is 2.26. The van der Waals surface area contributed by atoms with Crippen molar-refractivity contribution in [1.82, 2.24) is 9.80 Å². The van der Waals surface area contributed by atoms with Gasteiger partial charge in [0, 0.05) is 40.3 Å². The van der Waals surface area contributed by atoms with E-state index < -0.39 is 0 Å². The van der Waals surface area contributed by atoms with Crippen molar-refractivity contribution < 1.29 is 4.79 Å². The van der Waals surface area contributed by atoms with Gasteiger partial charge >= 0.3 is 6.03 Å². The van der Waals surface area contributed by atoms with Gasteiger partial charge in [0.2, 0.25) is 0 Å². The summed E-state index contributed by atoms with van der Waals surface area (Å²) in [5.41, 5.74) is 1.05. The highest BCUT2D eigenvalue weighted by atomic mass is 35.5. The van der Waals surface area contributed by atoms with Crippen molar-refractivity contribution in [2.75, 3.05) is 45.2 Å². The molecule has 1 aromatic rings. The topological polar surface area (TPSA) is 26.8 Å². The van der Waals surface area contributed by atoms with Crippen molar-refractivity contribution in [2.45, 2.75) is 0 Å². The molecule has 1 heterocycles. The number of urea groups is 1. The van der Waals surface area contributed by atoms with Crippen LogP contribution < -0.4 is 4.90 Å². The highest BCUT2D eigenvalue weighted by molar-refractivity contribution is 6.33. The number of nitrogens with zero attached hydrogens (tertiary/aromatic N) is 3. The van der Waals surface area contributed by atoms with Crippen molar-refractivity contribution in [3.8, 4) is 0 Å². The molecule has 0 unspecified atom stereocenters. The first kappa shape index (κ1) is 13.0. The third-order valence-corrected chi connectivity index (χ3v) is 3.45. The smallest absolute Gasteiger partial charge is 0.319 e. The SMILES string of the molecule is CN(C)C(=O)N1CCN(c2ccccc2Cl)CC1. The van der Waals surface area contributed by atoms with Crippen molar-refractivity contribution in [3.05, 3.63) is 29.3 Å². The molecule has 0 radical (unpaired) electrons. The van der Waals surface area contributed by atoms with Gasteiger partial charge in [0.1, 0.15) is 0 Å². The van der Waals surface area contributed by atoms with Crippen LogP contribution in [0.4, 0.5) is 10.5 Å². The lowest BCUT2D eigenvalue weighted by Gasteiger charge is -2.37. The summed E-state index contributed by atoms with van der Waals surface area (Å²) in [7, 11) is 3.56. The van der Waals surface area contributed by atoms with Gasteiger partial charge in [-0.25, -0.2) is 4.79 Å². The second kappa shape index (κ2) is 5.48. The third kappa shape index (κ3) is 2.70. The van der Waals surface area contributed by atoms with Gasteiger partial charge in [-0.05, 0) is 12.1 Å². The summed E-state index contributed by atoms with van der Waals surface area (Å²) in [5.74, 6) is 0. The Bertz CT molecular complexity index is 428. The summed E-state index contributed by atoms with van der Waals surface area (Å²) in [4.78, 5) is 17.5. The monoisotopic (exact) mass is 267 g/mol. The second-order valence-corrected chi connectivity index (χ2v) is 5.01. The first-order chi connectivity index (χ1) is 8.59. The van der Waals surface area contributed by atoms with Crippen LogP contribution in [0.5, 0.6) is 0 Å². The number of halogens is 1. The Balaban J connectivity index is 1.99. The number of amides is 2. The first-order valence-electron chi connectivity index (χ1n) is 6.05. The van der Waals surface area contributed by atoms with Gasteiger partial charge in [-0.15, -0.1) is 0 Å². The molecule has 0 saturated carbocycles.